The zero-order chi connectivity index (χ0) is 11.7. The second-order valence-electron chi connectivity index (χ2n) is 4.33. The van der Waals surface area contributed by atoms with Crippen molar-refractivity contribution in [2.75, 3.05) is 23.7 Å². The summed E-state index contributed by atoms with van der Waals surface area (Å²) in [6.45, 7) is 5.86. The lowest BCUT2D eigenvalue weighted by Gasteiger charge is -2.37. The first-order valence-corrected chi connectivity index (χ1v) is 5.90. The van der Waals surface area contributed by atoms with Crippen LogP contribution in [0.2, 0.25) is 5.02 Å². The van der Waals surface area contributed by atoms with E-state index in [1.54, 1.807) is 0 Å². The lowest BCUT2D eigenvalue weighted by Crippen LogP contribution is -2.45. The molecule has 0 amide bonds. The van der Waals surface area contributed by atoms with Crippen molar-refractivity contribution in [3.05, 3.63) is 23.2 Å². The third kappa shape index (κ3) is 2.25. The first kappa shape index (κ1) is 11.6. The molecule has 1 aromatic carbocycles. The summed E-state index contributed by atoms with van der Waals surface area (Å²) in [4.78, 5) is 2.24. The van der Waals surface area contributed by atoms with Gasteiger partial charge >= 0.3 is 0 Å². The van der Waals surface area contributed by atoms with E-state index in [0.717, 1.165) is 18.8 Å². The van der Waals surface area contributed by atoms with E-state index in [-0.39, 0.29) is 12.2 Å². The molecule has 1 aliphatic rings. The van der Waals surface area contributed by atoms with Gasteiger partial charge in [0.25, 0.3) is 0 Å². The van der Waals surface area contributed by atoms with Crippen LogP contribution < -0.4 is 10.6 Å². The van der Waals surface area contributed by atoms with Crippen LogP contribution >= 0.6 is 11.6 Å². The predicted molar refractivity (Wildman–Crippen MR) is 68.1 cm³/mol. The van der Waals surface area contributed by atoms with Crippen LogP contribution in [0.5, 0.6) is 0 Å². The number of hydrogen-bond acceptors (Lipinski definition) is 3. The highest BCUT2D eigenvalue weighted by molar-refractivity contribution is 6.33. The molecule has 0 radical (unpaired) electrons. The van der Waals surface area contributed by atoms with Gasteiger partial charge in [0, 0.05) is 13.1 Å². The molecule has 0 aromatic heterocycles. The Bertz CT molecular complexity index is 373. The number of morpholine rings is 1. The second kappa shape index (κ2) is 4.52. The molecule has 88 valence electrons. The van der Waals surface area contributed by atoms with Crippen LogP contribution in [0.3, 0.4) is 0 Å². The zero-order valence-electron chi connectivity index (χ0n) is 9.61. The summed E-state index contributed by atoms with van der Waals surface area (Å²) in [5.74, 6) is 0. The van der Waals surface area contributed by atoms with Crippen LogP contribution in [0.4, 0.5) is 11.4 Å². The van der Waals surface area contributed by atoms with E-state index in [0.29, 0.717) is 10.7 Å². The molecule has 1 aliphatic heterocycles. The van der Waals surface area contributed by atoms with Crippen molar-refractivity contribution in [2.24, 2.45) is 0 Å². The van der Waals surface area contributed by atoms with Gasteiger partial charge in [0.1, 0.15) is 0 Å². The van der Waals surface area contributed by atoms with Gasteiger partial charge in [0.05, 0.1) is 28.6 Å². The van der Waals surface area contributed by atoms with Crippen LogP contribution in [-0.4, -0.2) is 25.3 Å². The average Bonchev–Trinajstić information content (AvgIpc) is 2.20. The standard InChI is InChI=1S/C12H17ClN2O/c1-8-6-15(7-9(2)16-8)11-5-3-4-10(13)12(11)14/h3-5,8-9H,6-7,14H2,1-2H3. The van der Waals surface area contributed by atoms with E-state index in [2.05, 4.69) is 18.7 Å². The normalized spacial score (nSPS) is 25.8. The fourth-order valence-electron chi connectivity index (χ4n) is 2.18. The third-order valence-corrected chi connectivity index (χ3v) is 3.12. The van der Waals surface area contributed by atoms with Gasteiger partial charge in [0.15, 0.2) is 0 Å². The minimum absolute atomic E-state index is 0.224. The van der Waals surface area contributed by atoms with Gasteiger partial charge in [0.2, 0.25) is 0 Å². The molecule has 4 heteroatoms. The summed E-state index contributed by atoms with van der Waals surface area (Å²) < 4.78 is 5.69. The molecular formula is C12H17ClN2O. The highest BCUT2D eigenvalue weighted by atomic mass is 35.5. The zero-order valence-corrected chi connectivity index (χ0v) is 10.4. The van der Waals surface area contributed by atoms with Gasteiger partial charge in [-0.25, -0.2) is 0 Å². The summed E-state index contributed by atoms with van der Waals surface area (Å²) >= 11 is 6.02. The first-order chi connectivity index (χ1) is 7.58. The molecule has 3 nitrogen and oxygen atoms in total. The molecule has 1 saturated heterocycles. The second-order valence-corrected chi connectivity index (χ2v) is 4.74. The molecule has 1 heterocycles. The molecular weight excluding hydrogens is 224 g/mol. The minimum atomic E-state index is 0.224. The minimum Gasteiger partial charge on any atom is -0.396 e. The fraction of sp³-hybridized carbons (Fsp3) is 0.500. The maximum absolute atomic E-state index is 6.02. The molecule has 0 saturated carbocycles. The number of nitrogen functional groups attached to an aromatic ring is 1. The topological polar surface area (TPSA) is 38.5 Å². The van der Waals surface area contributed by atoms with E-state index in [1.165, 1.54) is 0 Å². The van der Waals surface area contributed by atoms with Crippen molar-refractivity contribution in [2.45, 2.75) is 26.1 Å². The lowest BCUT2D eigenvalue weighted by atomic mass is 10.2. The predicted octanol–water partition coefficient (Wildman–Crippen LogP) is 2.54. The molecule has 2 rings (SSSR count). The third-order valence-electron chi connectivity index (χ3n) is 2.79. The summed E-state index contributed by atoms with van der Waals surface area (Å²) in [7, 11) is 0. The van der Waals surface area contributed by atoms with Gasteiger partial charge in [-0.15, -0.1) is 0 Å². The molecule has 0 aliphatic carbocycles. The molecule has 0 bridgehead atoms. The Labute approximate surface area is 101 Å². The molecule has 16 heavy (non-hydrogen) atoms. The molecule has 1 fully saturated rings. The van der Waals surface area contributed by atoms with Crippen LogP contribution in [0.15, 0.2) is 18.2 Å². The van der Waals surface area contributed by atoms with Crippen molar-refractivity contribution in [1.29, 1.82) is 0 Å². The smallest absolute Gasteiger partial charge is 0.0741 e. The summed E-state index contributed by atoms with van der Waals surface area (Å²) in [5.41, 5.74) is 7.66. The van der Waals surface area contributed by atoms with Crippen LogP contribution in [0, 0.1) is 0 Å². The molecule has 0 spiro atoms. The van der Waals surface area contributed by atoms with Crippen LogP contribution in [-0.2, 0) is 4.74 Å². The van der Waals surface area contributed by atoms with Gasteiger partial charge in [-0.05, 0) is 26.0 Å². The monoisotopic (exact) mass is 240 g/mol. The summed E-state index contributed by atoms with van der Waals surface area (Å²) in [6, 6.07) is 5.75. The number of anilines is 2. The quantitative estimate of drug-likeness (QED) is 0.767. The number of nitrogens with zero attached hydrogens (tertiary/aromatic N) is 1. The van der Waals surface area contributed by atoms with Crippen LogP contribution in [0.1, 0.15) is 13.8 Å². The lowest BCUT2D eigenvalue weighted by molar-refractivity contribution is -0.00517. The fourth-order valence-corrected chi connectivity index (χ4v) is 2.35. The Hall–Kier alpha value is -0.930. The Kier molecular flexibility index (Phi) is 3.26. The Morgan fingerprint density at radius 3 is 2.56 bits per heavy atom. The average molecular weight is 241 g/mol. The first-order valence-electron chi connectivity index (χ1n) is 5.52. The molecule has 1 aromatic rings. The Morgan fingerprint density at radius 1 is 1.31 bits per heavy atom. The van der Waals surface area contributed by atoms with Gasteiger partial charge < -0.3 is 15.4 Å². The van der Waals surface area contributed by atoms with Crippen molar-refractivity contribution >= 4 is 23.0 Å². The number of ether oxygens (including phenoxy) is 1. The van der Waals surface area contributed by atoms with E-state index in [9.17, 15) is 0 Å². The van der Waals surface area contributed by atoms with Gasteiger partial charge in [-0.1, -0.05) is 17.7 Å². The van der Waals surface area contributed by atoms with Crippen LogP contribution in [0.25, 0.3) is 0 Å². The van der Waals surface area contributed by atoms with Gasteiger partial charge in [-0.3, -0.25) is 0 Å². The van der Waals surface area contributed by atoms with Crippen molar-refractivity contribution in [3.8, 4) is 0 Å². The largest absolute Gasteiger partial charge is 0.396 e. The molecule has 2 atom stereocenters. The summed E-state index contributed by atoms with van der Waals surface area (Å²) in [6.07, 6.45) is 0.448. The Morgan fingerprint density at radius 2 is 1.94 bits per heavy atom. The van der Waals surface area contributed by atoms with E-state index >= 15 is 0 Å². The highest BCUT2D eigenvalue weighted by Crippen LogP contribution is 2.31. The van der Waals surface area contributed by atoms with E-state index in [4.69, 9.17) is 22.1 Å². The number of para-hydroxylation sites is 1. The number of hydrogen-bond donors (Lipinski definition) is 1. The van der Waals surface area contributed by atoms with Crippen molar-refractivity contribution in [3.63, 3.8) is 0 Å². The SMILES string of the molecule is CC1CN(c2cccc(Cl)c2N)CC(C)O1. The van der Waals surface area contributed by atoms with Crippen molar-refractivity contribution in [1.82, 2.24) is 0 Å². The number of benzene rings is 1. The van der Waals surface area contributed by atoms with Gasteiger partial charge in [-0.2, -0.15) is 0 Å². The highest BCUT2D eigenvalue weighted by Gasteiger charge is 2.23. The summed E-state index contributed by atoms with van der Waals surface area (Å²) in [5, 5.41) is 0.615. The molecule has 2 N–H and O–H groups in total. The van der Waals surface area contributed by atoms with E-state index < -0.39 is 0 Å². The molecule has 2 unspecified atom stereocenters. The maximum atomic E-state index is 6.02. The number of rotatable bonds is 1. The van der Waals surface area contributed by atoms with Crippen molar-refractivity contribution < 1.29 is 4.74 Å². The van der Waals surface area contributed by atoms with E-state index in [1.807, 2.05) is 18.2 Å². The number of halogens is 1. The maximum Gasteiger partial charge on any atom is 0.0741 e. The number of nitrogens with two attached hydrogens (primary N) is 1. The Balaban J connectivity index is 2.26.